The van der Waals surface area contributed by atoms with Crippen LogP contribution < -0.4 is 5.56 Å². The summed E-state index contributed by atoms with van der Waals surface area (Å²) in [6.07, 6.45) is 4.74. The van der Waals surface area contributed by atoms with Gasteiger partial charge in [-0.15, -0.1) is 0 Å². The largest absolute Gasteiger partial charge is 0.335 e. The molecule has 3 aromatic rings. The molecule has 2 aliphatic rings. The fraction of sp³-hybridized carbons (Fsp3) is 0.391. The average Bonchev–Trinajstić information content (AvgIpc) is 3.24. The molecule has 0 saturated carbocycles. The minimum Gasteiger partial charge on any atom is -0.335 e. The molecule has 30 heavy (non-hydrogen) atoms. The van der Waals surface area contributed by atoms with Crippen LogP contribution in [0.2, 0.25) is 0 Å². The van der Waals surface area contributed by atoms with E-state index in [2.05, 4.69) is 15.0 Å². The third-order valence-corrected chi connectivity index (χ3v) is 6.19. The van der Waals surface area contributed by atoms with Crippen LogP contribution in [-0.4, -0.2) is 63.2 Å². The quantitative estimate of drug-likeness (QED) is 0.664. The van der Waals surface area contributed by atoms with Gasteiger partial charge in [-0.2, -0.15) is 5.10 Å². The van der Waals surface area contributed by atoms with Crippen LogP contribution in [0.4, 0.5) is 0 Å². The lowest BCUT2D eigenvalue weighted by atomic mass is 10.1. The molecular weight excluding hydrogens is 378 g/mol. The number of rotatable bonds is 4. The second-order valence-electron chi connectivity index (χ2n) is 8.05. The number of aryl methyl sites for hydroxylation is 2. The highest BCUT2D eigenvalue weighted by Gasteiger charge is 2.24. The molecule has 7 heteroatoms. The van der Waals surface area contributed by atoms with Crippen molar-refractivity contribution in [3.05, 3.63) is 69.9 Å². The first-order valence-electron chi connectivity index (χ1n) is 10.6. The van der Waals surface area contributed by atoms with Crippen molar-refractivity contribution in [2.24, 2.45) is 0 Å². The van der Waals surface area contributed by atoms with E-state index in [-0.39, 0.29) is 11.5 Å². The van der Waals surface area contributed by atoms with E-state index in [1.807, 2.05) is 35.2 Å². The molecule has 154 valence electrons. The SMILES string of the molecule is O=C(c1nccc2ccccc12)N1CCN(CCn2nc3c(cc2=O)CCC3)CC1. The van der Waals surface area contributed by atoms with Gasteiger partial charge in [0, 0.05) is 50.4 Å². The topological polar surface area (TPSA) is 71.3 Å². The minimum absolute atomic E-state index is 0.00788. The Morgan fingerprint density at radius 2 is 1.83 bits per heavy atom. The van der Waals surface area contributed by atoms with Crippen LogP contribution in [0.25, 0.3) is 10.8 Å². The maximum Gasteiger partial charge on any atom is 0.273 e. The summed E-state index contributed by atoms with van der Waals surface area (Å²) in [5.41, 5.74) is 2.71. The van der Waals surface area contributed by atoms with Crippen LogP contribution in [0.15, 0.2) is 47.4 Å². The lowest BCUT2D eigenvalue weighted by Crippen LogP contribution is -2.49. The number of amides is 1. The van der Waals surface area contributed by atoms with Crippen molar-refractivity contribution >= 4 is 16.7 Å². The summed E-state index contributed by atoms with van der Waals surface area (Å²) < 4.78 is 1.60. The molecule has 7 nitrogen and oxygen atoms in total. The second kappa shape index (κ2) is 7.99. The van der Waals surface area contributed by atoms with Gasteiger partial charge in [-0.1, -0.05) is 24.3 Å². The molecule has 2 aromatic heterocycles. The lowest BCUT2D eigenvalue weighted by Gasteiger charge is -2.34. The van der Waals surface area contributed by atoms with Crippen molar-refractivity contribution in [2.75, 3.05) is 32.7 Å². The molecule has 0 atom stereocenters. The van der Waals surface area contributed by atoms with Gasteiger partial charge in [-0.3, -0.25) is 19.5 Å². The van der Waals surface area contributed by atoms with Crippen molar-refractivity contribution in [3.63, 3.8) is 0 Å². The molecule has 3 heterocycles. The fourth-order valence-electron chi connectivity index (χ4n) is 4.45. The summed E-state index contributed by atoms with van der Waals surface area (Å²) in [5, 5.41) is 6.48. The Balaban J connectivity index is 1.20. The molecule has 0 radical (unpaired) electrons. The summed E-state index contributed by atoms with van der Waals surface area (Å²) in [6.45, 7) is 4.25. The van der Waals surface area contributed by atoms with Gasteiger partial charge in [0.25, 0.3) is 11.5 Å². The third kappa shape index (κ3) is 3.61. The number of fused-ring (bicyclic) bond motifs is 2. The molecule has 1 aliphatic heterocycles. The molecule has 1 aromatic carbocycles. The van der Waals surface area contributed by atoms with E-state index in [1.165, 1.54) is 0 Å². The van der Waals surface area contributed by atoms with Crippen molar-refractivity contribution < 1.29 is 4.79 Å². The second-order valence-corrected chi connectivity index (χ2v) is 8.05. The number of piperazine rings is 1. The third-order valence-electron chi connectivity index (χ3n) is 6.19. The zero-order chi connectivity index (χ0) is 20.5. The van der Waals surface area contributed by atoms with Crippen LogP contribution >= 0.6 is 0 Å². The van der Waals surface area contributed by atoms with Gasteiger partial charge in [-0.05, 0) is 36.3 Å². The Kier molecular flexibility index (Phi) is 5.04. The van der Waals surface area contributed by atoms with Gasteiger partial charge in [0.1, 0.15) is 5.69 Å². The number of hydrogen-bond acceptors (Lipinski definition) is 5. The normalized spacial score (nSPS) is 16.7. The monoisotopic (exact) mass is 403 g/mol. The molecule has 0 spiro atoms. The first kappa shape index (κ1) is 18.9. The number of hydrogen-bond donors (Lipinski definition) is 0. The number of carbonyl (C=O) groups is 1. The van der Waals surface area contributed by atoms with Crippen LogP contribution in [0, 0.1) is 0 Å². The summed E-state index contributed by atoms with van der Waals surface area (Å²) in [4.78, 5) is 33.9. The molecule has 1 aliphatic carbocycles. The minimum atomic E-state index is -0.0111. The smallest absolute Gasteiger partial charge is 0.273 e. The van der Waals surface area contributed by atoms with E-state index in [4.69, 9.17) is 0 Å². The number of aromatic nitrogens is 3. The van der Waals surface area contributed by atoms with E-state index in [0.29, 0.717) is 25.3 Å². The molecule has 1 fully saturated rings. The first-order valence-corrected chi connectivity index (χ1v) is 10.6. The fourth-order valence-corrected chi connectivity index (χ4v) is 4.45. The molecular formula is C23H25N5O2. The van der Waals surface area contributed by atoms with Crippen molar-refractivity contribution in [1.82, 2.24) is 24.6 Å². The van der Waals surface area contributed by atoms with E-state index in [9.17, 15) is 9.59 Å². The predicted molar refractivity (Wildman–Crippen MR) is 115 cm³/mol. The Labute approximate surface area is 174 Å². The number of nitrogens with zero attached hydrogens (tertiary/aromatic N) is 5. The van der Waals surface area contributed by atoms with Crippen LogP contribution in [0.3, 0.4) is 0 Å². The van der Waals surface area contributed by atoms with E-state index < -0.39 is 0 Å². The van der Waals surface area contributed by atoms with Crippen LogP contribution in [0.1, 0.15) is 28.2 Å². The standard InChI is InChI=1S/C23H25N5O2/c29-21-16-18-5-3-7-20(18)25-28(21)15-12-26-10-13-27(14-11-26)23(30)22-19-6-2-1-4-17(19)8-9-24-22/h1-2,4,6,8-9,16H,3,5,7,10-15H2. The van der Waals surface area contributed by atoms with Crippen LogP contribution in [0.5, 0.6) is 0 Å². The molecule has 5 rings (SSSR count). The highest BCUT2D eigenvalue weighted by molar-refractivity contribution is 6.05. The van der Waals surface area contributed by atoms with Crippen LogP contribution in [-0.2, 0) is 19.4 Å². The van der Waals surface area contributed by atoms with E-state index in [0.717, 1.165) is 60.9 Å². The lowest BCUT2D eigenvalue weighted by molar-refractivity contribution is 0.0628. The summed E-state index contributed by atoms with van der Waals surface area (Å²) in [5.74, 6) is -0.0111. The molecule has 1 amide bonds. The summed E-state index contributed by atoms with van der Waals surface area (Å²) in [6, 6.07) is 11.5. The predicted octanol–water partition coefficient (Wildman–Crippen LogP) is 1.74. The van der Waals surface area contributed by atoms with Gasteiger partial charge >= 0.3 is 0 Å². The maximum absolute atomic E-state index is 13.0. The highest BCUT2D eigenvalue weighted by Crippen LogP contribution is 2.19. The molecule has 0 bridgehead atoms. The van der Waals surface area contributed by atoms with Gasteiger partial charge in [0.05, 0.1) is 12.2 Å². The maximum atomic E-state index is 13.0. The van der Waals surface area contributed by atoms with Gasteiger partial charge in [0.15, 0.2) is 0 Å². The number of carbonyl (C=O) groups excluding carboxylic acids is 1. The Morgan fingerprint density at radius 1 is 1.00 bits per heavy atom. The highest BCUT2D eigenvalue weighted by atomic mass is 16.2. The zero-order valence-corrected chi connectivity index (χ0v) is 17.0. The van der Waals surface area contributed by atoms with Gasteiger partial charge in [-0.25, -0.2) is 4.68 Å². The Hall–Kier alpha value is -3.06. The molecule has 1 saturated heterocycles. The first-order chi connectivity index (χ1) is 14.7. The van der Waals surface area contributed by atoms with Gasteiger partial charge in [0.2, 0.25) is 0 Å². The van der Waals surface area contributed by atoms with Crippen molar-refractivity contribution in [2.45, 2.75) is 25.8 Å². The van der Waals surface area contributed by atoms with E-state index in [1.54, 1.807) is 16.9 Å². The molecule has 0 N–H and O–H groups in total. The van der Waals surface area contributed by atoms with Gasteiger partial charge < -0.3 is 4.90 Å². The van der Waals surface area contributed by atoms with Crippen molar-refractivity contribution in [3.8, 4) is 0 Å². The Bertz CT molecular complexity index is 1140. The summed E-state index contributed by atoms with van der Waals surface area (Å²) in [7, 11) is 0. The number of benzene rings is 1. The Morgan fingerprint density at radius 3 is 2.70 bits per heavy atom. The van der Waals surface area contributed by atoms with E-state index >= 15 is 0 Å². The number of pyridine rings is 1. The average molecular weight is 403 g/mol. The molecule has 0 unspecified atom stereocenters. The summed E-state index contributed by atoms with van der Waals surface area (Å²) >= 11 is 0. The van der Waals surface area contributed by atoms with Crippen molar-refractivity contribution in [1.29, 1.82) is 0 Å². The zero-order valence-electron chi connectivity index (χ0n) is 17.0.